The quantitative estimate of drug-likeness (QED) is 0.696. The van der Waals surface area contributed by atoms with Gasteiger partial charge in [-0.2, -0.15) is 4.98 Å². The molecule has 0 aliphatic heterocycles. The molecule has 5 nitrogen and oxygen atoms in total. The predicted molar refractivity (Wildman–Crippen MR) is 48.8 cm³/mol. The summed E-state index contributed by atoms with van der Waals surface area (Å²) in [5.74, 6) is 1.15. The van der Waals surface area contributed by atoms with Crippen LogP contribution in [-0.4, -0.2) is 14.7 Å². The molecule has 0 aliphatic carbocycles. The third kappa shape index (κ3) is 1.87. The minimum absolute atomic E-state index is 0.0111. The number of hydrogen-bond acceptors (Lipinski definition) is 4. The first-order chi connectivity index (χ1) is 6.74. The highest BCUT2D eigenvalue weighted by Crippen LogP contribution is 1.98. The molecule has 72 valence electrons. The second-order valence-corrected chi connectivity index (χ2v) is 2.94. The van der Waals surface area contributed by atoms with E-state index in [0.29, 0.717) is 18.3 Å². The van der Waals surface area contributed by atoms with Crippen molar-refractivity contribution in [2.45, 2.75) is 13.5 Å². The van der Waals surface area contributed by atoms with E-state index >= 15 is 0 Å². The lowest BCUT2D eigenvalue weighted by molar-refractivity contribution is 0.367. The lowest BCUT2D eigenvalue weighted by Crippen LogP contribution is -2.04. The maximum absolute atomic E-state index is 10.8. The molecule has 0 amide bonds. The van der Waals surface area contributed by atoms with Gasteiger partial charge >= 0.3 is 0 Å². The van der Waals surface area contributed by atoms with Crippen molar-refractivity contribution in [1.29, 1.82) is 0 Å². The van der Waals surface area contributed by atoms with Crippen LogP contribution in [0.5, 0.6) is 0 Å². The molecule has 2 rings (SSSR count). The van der Waals surface area contributed by atoms with E-state index in [9.17, 15) is 4.79 Å². The van der Waals surface area contributed by atoms with Crippen LogP contribution in [0.25, 0.3) is 0 Å². The summed E-state index contributed by atoms with van der Waals surface area (Å²) in [7, 11) is 0. The monoisotopic (exact) mass is 191 g/mol. The summed E-state index contributed by atoms with van der Waals surface area (Å²) >= 11 is 0. The van der Waals surface area contributed by atoms with Crippen LogP contribution >= 0.6 is 0 Å². The van der Waals surface area contributed by atoms with Crippen LogP contribution in [-0.2, 0) is 6.54 Å². The number of rotatable bonds is 2. The molecule has 0 atom stereocenters. The zero-order chi connectivity index (χ0) is 9.97. The molecule has 5 heteroatoms. The van der Waals surface area contributed by atoms with Gasteiger partial charge in [0.2, 0.25) is 5.89 Å². The van der Waals surface area contributed by atoms with Gasteiger partial charge in [-0.15, -0.1) is 0 Å². The van der Waals surface area contributed by atoms with Crippen LogP contribution < -0.4 is 5.43 Å². The fraction of sp³-hybridized carbons (Fsp3) is 0.222. The van der Waals surface area contributed by atoms with Gasteiger partial charge in [0.25, 0.3) is 0 Å². The van der Waals surface area contributed by atoms with Gasteiger partial charge in [0.1, 0.15) is 6.54 Å². The normalized spacial score (nSPS) is 10.4. The molecule has 0 fully saturated rings. The van der Waals surface area contributed by atoms with Crippen LogP contribution in [0.4, 0.5) is 0 Å². The molecule has 0 aromatic carbocycles. The first-order valence-corrected chi connectivity index (χ1v) is 4.19. The summed E-state index contributed by atoms with van der Waals surface area (Å²) in [5.41, 5.74) is -0.0111. The highest BCUT2D eigenvalue weighted by Gasteiger charge is 2.01. The molecule has 0 spiro atoms. The van der Waals surface area contributed by atoms with Gasteiger partial charge in [-0.25, -0.2) is 0 Å². The Balaban J connectivity index is 2.19. The van der Waals surface area contributed by atoms with Crippen molar-refractivity contribution >= 4 is 0 Å². The summed E-state index contributed by atoms with van der Waals surface area (Å²) in [6.07, 6.45) is 3.36. The number of hydrogen-bond donors (Lipinski definition) is 0. The minimum Gasteiger partial charge on any atom is -0.345 e. The van der Waals surface area contributed by atoms with Crippen LogP contribution in [0.1, 0.15) is 11.7 Å². The van der Waals surface area contributed by atoms with Gasteiger partial charge in [0.05, 0.1) is 0 Å². The second-order valence-electron chi connectivity index (χ2n) is 2.94. The molecule has 0 N–H and O–H groups in total. The van der Waals surface area contributed by atoms with Crippen LogP contribution in [0, 0.1) is 6.92 Å². The van der Waals surface area contributed by atoms with E-state index in [1.165, 1.54) is 12.1 Å². The number of nitrogens with zero attached hydrogens (tertiary/aromatic N) is 3. The van der Waals surface area contributed by atoms with Gasteiger partial charge in [-0.3, -0.25) is 4.79 Å². The van der Waals surface area contributed by atoms with Crippen molar-refractivity contribution in [3.63, 3.8) is 0 Å². The van der Waals surface area contributed by atoms with Crippen molar-refractivity contribution in [1.82, 2.24) is 14.7 Å². The molecule has 0 bridgehead atoms. The van der Waals surface area contributed by atoms with E-state index in [4.69, 9.17) is 4.52 Å². The van der Waals surface area contributed by atoms with Crippen molar-refractivity contribution in [2.75, 3.05) is 0 Å². The standard InChI is InChI=1S/C9H9N3O2/c1-7-10-9(14-11-7)6-12-4-2-8(13)3-5-12/h2-5H,6H2,1H3. The third-order valence-corrected chi connectivity index (χ3v) is 1.75. The van der Waals surface area contributed by atoms with Gasteiger partial charge in [-0.05, 0) is 6.92 Å². The van der Waals surface area contributed by atoms with Crippen LogP contribution in [0.15, 0.2) is 33.8 Å². The Bertz CT molecular complexity index is 466. The van der Waals surface area contributed by atoms with Gasteiger partial charge in [-0.1, -0.05) is 5.16 Å². The predicted octanol–water partition coefficient (Wildman–Crippen LogP) is 0.588. The zero-order valence-electron chi connectivity index (χ0n) is 7.67. The number of aryl methyl sites for hydroxylation is 1. The van der Waals surface area contributed by atoms with Gasteiger partial charge in [0.15, 0.2) is 11.3 Å². The summed E-state index contributed by atoms with van der Waals surface area (Å²) in [6, 6.07) is 2.98. The average molecular weight is 191 g/mol. The van der Waals surface area contributed by atoms with E-state index in [1.54, 1.807) is 23.9 Å². The molecular formula is C9H9N3O2. The molecular weight excluding hydrogens is 182 g/mol. The Morgan fingerprint density at radius 3 is 2.71 bits per heavy atom. The molecule has 0 unspecified atom stereocenters. The first kappa shape index (κ1) is 8.68. The maximum Gasteiger partial charge on any atom is 0.246 e. The Labute approximate surface area is 80.0 Å². The second kappa shape index (κ2) is 3.45. The molecule has 2 aromatic rings. The van der Waals surface area contributed by atoms with E-state index in [-0.39, 0.29) is 5.43 Å². The Hall–Kier alpha value is -1.91. The van der Waals surface area contributed by atoms with Crippen molar-refractivity contribution in [2.24, 2.45) is 0 Å². The SMILES string of the molecule is Cc1noc(Cn2ccc(=O)cc2)n1. The van der Waals surface area contributed by atoms with Crippen LogP contribution in [0.3, 0.4) is 0 Å². The van der Waals surface area contributed by atoms with E-state index < -0.39 is 0 Å². The summed E-state index contributed by atoms with van der Waals surface area (Å²) in [4.78, 5) is 14.9. The summed E-state index contributed by atoms with van der Waals surface area (Å²) in [5, 5.41) is 3.67. The Kier molecular flexibility index (Phi) is 2.14. The molecule has 2 aromatic heterocycles. The topological polar surface area (TPSA) is 60.9 Å². The molecule has 2 heterocycles. The molecule has 0 aliphatic rings. The van der Waals surface area contributed by atoms with Crippen molar-refractivity contribution in [3.8, 4) is 0 Å². The summed E-state index contributed by atoms with van der Waals surface area (Å²) in [6.45, 7) is 2.25. The lowest BCUT2D eigenvalue weighted by Gasteiger charge is -1.99. The highest BCUT2D eigenvalue weighted by molar-refractivity contribution is 4.95. The largest absolute Gasteiger partial charge is 0.345 e. The third-order valence-electron chi connectivity index (χ3n) is 1.75. The minimum atomic E-state index is -0.0111. The van der Waals surface area contributed by atoms with Gasteiger partial charge in [0, 0.05) is 24.5 Å². The Morgan fingerprint density at radius 1 is 1.43 bits per heavy atom. The number of aromatic nitrogens is 3. The maximum atomic E-state index is 10.8. The molecule has 0 saturated carbocycles. The molecule has 14 heavy (non-hydrogen) atoms. The van der Waals surface area contributed by atoms with E-state index in [1.807, 2.05) is 0 Å². The van der Waals surface area contributed by atoms with Crippen LogP contribution in [0.2, 0.25) is 0 Å². The highest BCUT2D eigenvalue weighted by atomic mass is 16.5. The smallest absolute Gasteiger partial charge is 0.246 e. The summed E-state index contributed by atoms with van der Waals surface area (Å²) < 4.78 is 6.74. The first-order valence-electron chi connectivity index (χ1n) is 4.19. The zero-order valence-corrected chi connectivity index (χ0v) is 7.67. The Morgan fingerprint density at radius 2 is 2.14 bits per heavy atom. The van der Waals surface area contributed by atoms with Crippen molar-refractivity contribution in [3.05, 3.63) is 46.5 Å². The van der Waals surface area contributed by atoms with E-state index in [0.717, 1.165) is 0 Å². The van der Waals surface area contributed by atoms with E-state index in [2.05, 4.69) is 10.1 Å². The lowest BCUT2D eigenvalue weighted by atomic mass is 10.4. The fourth-order valence-corrected chi connectivity index (χ4v) is 1.11. The fourth-order valence-electron chi connectivity index (χ4n) is 1.11. The van der Waals surface area contributed by atoms with Crippen molar-refractivity contribution < 1.29 is 4.52 Å². The van der Waals surface area contributed by atoms with Gasteiger partial charge < -0.3 is 9.09 Å². The molecule has 0 radical (unpaired) electrons. The molecule has 0 saturated heterocycles. The number of pyridine rings is 1. The average Bonchev–Trinajstić information content (AvgIpc) is 2.56.